The van der Waals surface area contributed by atoms with E-state index in [4.69, 9.17) is 5.73 Å². The summed E-state index contributed by atoms with van der Waals surface area (Å²) in [7, 11) is 0. The Balaban J connectivity index is 1.86. The molecule has 0 atom stereocenters. The van der Waals surface area contributed by atoms with Gasteiger partial charge in [-0.3, -0.25) is 9.59 Å². The molecule has 0 aliphatic heterocycles. The van der Waals surface area contributed by atoms with Crippen molar-refractivity contribution in [2.24, 2.45) is 5.73 Å². The number of benzene rings is 2. The fraction of sp³-hybridized carbons (Fsp3) is 0.263. The highest BCUT2D eigenvalue weighted by Gasteiger charge is 2.06. The Hall–Kier alpha value is -2.66. The standard InChI is InChI=1S/C19H23N3O2/c1-14-3-7-16(8-4-14)19(24)22-13-15-5-9-17(10-6-15)18(23)21-12-2-11-20/h3-10H,2,11-13,20H2,1H3,(H,21,23)(H,22,24). The fourth-order valence-electron chi connectivity index (χ4n) is 2.17. The van der Waals surface area contributed by atoms with Crippen molar-refractivity contribution < 1.29 is 9.59 Å². The summed E-state index contributed by atoms with van der Waals surface area (Å²) in [4.78, 5) is 24.0. The van der Waals surface area contributed by atoms with Crippen LogP contribution >= 0.6 is 0 Å². The third kappa shape index (κ3) is 5.21. The molecule has 2 amide bonds. The maximum Gasteiger partial charge on any atom is 0.251 e. The molecule has 2 aromatic rings. The molecular weight excluding hydrogens is 302 g/mol. The van der Waals surface area contributed by atoms with Crippen LogP contribution in [0.3, 0.4) is 0 Å². The second kappa shape index (κ2) is 8.84. The number of carbonyl (C=O) groups is 2. The van der Waals surface area contributed by atoms with E-state index in [1.165, 1.54) is 0 Å². The molecule has 0 spiro atoms. The Kier molecular flexibility index (Phi) is 6.51. The first-order valence-corrected chi connectivity index (χ1v) is 8.02. The third-order valence-electron chi connectivity index (χ3n) is 3.65. The quantitative estimate of drug-likeness (QED) is 0.681. The Morgan fingerprint density at radius 2 is 1.42 bits per heavy atom. The molecule has 5 nitrogen and oxygen atoms in total. The zero-order valence-electron chi connectivity index (χ0n) is 13.8. The molecule has 0 aliphatic rings. The smallest absolute Gasteiger partial charge is 0.251 e. The SMILES string of the molecule is Cc1ccc(C(=O)NCc2ccc(C(=O)NCCCN)cc2)cc1. The van der Waals surface area contributed by atoms with Crippen molar-refractivity contribution in [2.45, 2.75) is 19.9 Å². The van der Waals surface area contributed by atoms with E-state index in [1.807, 2.05) is 31.2 Å². The molecule has 0 aliphatic carbocycles. The van der Waals surface area contributed by atoms with Crippen LogP contribution in [0.4, 0.5) is 0 Å². The summed E-state index contributed by atoms with van der Waals surface area (Å²) in [6.07, 6.45) is 0.759. The zero-order valence-corrected chi connectivity index (χ0v) is 13.8. The normalized spacial score (nSPS) is 10.2. The lowest BCUT2D eigenvalue weighted by molar-refractivity contribution is 0.0943. The zero-order chi connectivity index (χ0) is 17.4. The van der Waals surface area contributed by atoms with Crippen molar-refractivity contribution >= 4 is 11.8 Å². The minimum Gasteiger partial charge on any atom is -0.352 e. The van der Waals surface area contributed by atoms with E-state index >= 15 is 0 Å². The summed E-state index contributed by atoms with van der Waals surface area (Å²) in [5, 5.41) is 5.68. The average molecular weight is 325 g/mol. The van der Waals surface area contributed by atoms with Gasteiger partial charge < -0.3 is 16.4 Å². The maximum absolute atomic E-state index is 12.1. The number of amides is 2. The van der Waals surface area contributed by atoms with Crippen molar-refractivity contribution in [3.63, 3.8) is 0 Å². The second-order valence-electron chi connectivity index (χ2n) is 5.64. The molecule has 0 aromatic heterocycles. The molecule has 0 saturated carbocycles. The van der Waals surface area contributed by atoms with E-state index < -0.39 is 0 Å². The third-order valence-corrected chi connectivity index (χ3v) is 3.65. The summed E-state index contributed by atoms with van der Waals surface area (Å²) in [6.45, 7) is 3.53. The van der Waals surface area contributed by atoms with Crippen molar-refractivity contribution in [2.75, 3.05) is 13.1 Å². The lowest BCUT2D eigenvalue weighted by Gasteiger charge is -2.07. The van der Waals surface area contributed by atoms with Gasteiger partial charge in [-0.2, -0.15) is 0 Å². The van der Waals surface area contributed by atoms with Crippen molar-refractivity contribution in [1.82, 2.24) is 10.6 Å². The minimum atomic E-state index is -0.112. The molecule has 126 valence electrons. The van der Waals surface area contributed by atoms with Crippen LogP contribution in [0.5, 0.6) is 0 Å². The van der Waals surface area contributed by atoms with Crippen LogP contribution in [-0.2, 0) is 6.54 Å². The highest BCUT2D eigenvalue weighted by Crippen LogP contribution is 2.06. The predicted molar refractivity (Wildman–Crippen MR) is 94.8 cm³/mol. The topological polar surface area (TPSA) is 84.2 Å². The van der Waals surface area contributed by atoms with E-state index in [-0.39, 0.29) is 11.8 Å². The van der Waals surface area contributed by atoms with E-state index in [9.17, 15) is 9.59 Å². The van der Waals surface area contributed by atoms with Crippen molar-refractivity contribution in [3.05, 3.63) is 70.8 Å². The summed E-state index contributed by atoms with van der Waals surface area (Å²) < 4.78 is 0. The molecule has 5 heteroatoms. The first kappa shape index (κ1) is 17.7. The maximum atomic E-state index is 12.1. The predicted octanol–water partition coefficient (Wildman–Crippen LogP) is 2.00. The minimum absolute atomic E-state index is 0.112. The van der Waals surface area contributed by atoms with Gasteiger partial charge >= 0.3 is 0 Å². The Bertz CT molecular complexity index is 679. The number of nitrogens with two attached hydrogens (primary N) is 1. The van der Waals surface area contributed by atoms with Crippen LogP contribution in [0.25, 0.3) is 0 Å². The van der Waals surface area contributed by atoms with E-state index in [0.29, 0.717) is 30.8 Å². The summed E-state index contributed by atoms with van der Waals surface area (Å²) in [5.74, 6) is -0.225. The highest BCUT2D eigenvalue weighted by atomic mass is 16.2. The van der Waals surface area contributed by atoms with Crippen LogP contribution in [-0.4, -0.2) is 24.9 Å². The van der Waals surface area contributed by atoms with Gasteiger partial charge in [0.1, 0.15) is 0 Å². The summed E-state index contributed by atoms with van der Waals surface area (Å²) in [6, 6.07) is 14.6. The monoisotopic (exact) mass is 325 g/mol. The first-order chi connectivity index (χ1) is 11.6. The van der Waals surface area contributed by atoms with Gasteiger partial charge in [-0.15, -0.1) is 0 Å². The number of rotatable bonds is 7. The summed E-state index contributed by atoms with van der Waals surface area (Å²) in [5.41, 5.74) is 8.68. The Morgan fingerprint density at radius 1 is 0.875 bits per heavy atom. The van der Waals surface area contributed by atoms with Gasteiger partial charge in [-0.1, -0.05) is 29.8 Å². The van der Waals surface area contributed by atoms with Crippen molar-refractivity contribution in [3.8, 4) is 0 Å². The van der Waals surface area contributed by atoms with Crippen molar-refractivity contribution in [1.29, 1.82) is 0 Å². The van der Waals surface area contributed by atoms with Crippen LogP contribution in [0.15, 0.2) is 48.5 Å². The second-order valence-corrected chi connectivity index (χ2v) is 5.64. The van der Waals surface area contributed by atoms with Gasteiger partial charge in [0.05, 0.1) is 0 Å². The number of nitrogens with one attached hydrogen (secondary N) is 2. The van der Waals surface area contributed by atoms with Crippen LogP contribution in [0.2, 0.25) is 0 Å². The Labute approximate surface area is 142 Å². The molecule has 2 rings (SSSR count). The molecule has 0 unspecified atom stereocenters. The van der Waals surface area contributed by atoms with Gasteiger partial charge in [0.15, 0.2) is 0 Å². The Morgan fingerprint density at radius 3 is 2.00 bits per heavy atom. The number of carbonyl (C=O) groups excluding carboxylic acids is 2. The molecule has 24 heavy (non-hydrogen) atoms. The largest absolute Gasteiger partial charge is 0.352 e. The number of hydrogen-bond acceptors (Lipinski definition) is 3. The number of aryl methyl sites for hydroxylation is 1. The van der Waals surface area contributed by atoms with Crippen LogP contribution in [0.1, 0.15) is 38.3 Å². The fourth-order valence-corrected chi connectivity index (χ4v) is 2.17. The molecule has 4 N–H and O–H groups in total. The molecule has 2 aromatic carbocycles. The molecular formula is C19H23N3O2. The lowest BCUT2D eigenvalue weighted by atomic mass is 10.1. The van der Waals surface area contributed by atoms with Gasteiger partial charge in [0, 0.05) is 24.2 Å². The highest BCUT2D eigenvalue weighted by molar-refractivity contribution is 5.94. The molecule has 0 bridgehead atoms. The molecule has 0 fully saturated rings. The van der Waals surface area contributed by atoms with Gasteiger partial charge in [0.2, 0.25) is 0 Å². The van der Waals surface area contributed by atoms with Gasteiger partial charge in [-0.25, -0.2) is 0 Å². The first-order valence-electron chi connectivity index (χ1n) is 8.02. The summed E-state index contributed by atoms with van der Waals surface area (Å²) >= 11 is 0. The molecule has 0 radical (unpaired) electrons. The van der Waals surface area contributed by atoms with Gasteiger partial charge in [0.25, 0.3) is 11.8 Å². The van der Waals surface area contributed by atoms with E-state index in [0.717, 1.165) is 17.5 Å². The van der Waals surface area contributed by atoms with E-state index in [1.54, 1.807) is 24.3 Å². The van der Waals surface area contributed by atoms with Crippen LogP contribution in [0, 0.1) is 6.92 Å². The van der Waals surface area contributed by atoms with Gasteiger partial charge in [-0.05, 0) is 49.7 Å². The van der Waals surface area contributed by atoms with E-state index in [2.05, 4.69) is 10.6 Å². The number of hydrogen-bond donors (Lipinski definition) is 3. The molecule has 0 heterocycles. The molecule has 0 saturated heterocycles. The lowest BCUT2D eigenvalue weighted by Crippen LogP contribution is -2.26. The van der Waals surface area contributed by atoms with Crippen LogP contribution < -0.4 is 16.4 Å². The average Bonchev–Trinajstić information content (AvgIpc) is 2.61.